The largest absolute Gasteiger partial charge is 0.461 e. The van der Waals surface area contributed by atoms with E-state index in [4.69, 9.17) is 25.8 Å². The molecule has 1 heterocycles. The Kier molecular flexibility index (Phi) is 8.99. The summed E-state index contributed by atoms with van der Waals surface area (Å²) < 4.78 is 68.8. The maximum absolute atomic E-state index is 14.6. The maximum atomic E-state index is 14.6. The molecule has 0 aliphatic heterocycles. The van der Waals surface area contributed by atoms with Gasteiger partial charge in [0, 0.05) is 13.1 Å². The molecule has 0 saturated carbocycles. The molecule has 0 unspecified atom stereocenters. The second kappa shape index (κ2) is 11.3. The van der Waals surface area contributed by atoms with Gasteiger partial charge in [0.2, 0.25) is 0 Å². The van der Waals surface area contributed by atoms with Crippen molar-refractivity contribution in [1.82, 2.24) is 9.13 Å². The summed E-state index contributed by atoms with van der Waals surface area (Å²) in [4.78, 5) is 49.2. The minimum absolute atomic E-state index is 0.0580. The van der Waals surface area contributed by atoms with Gasteiger partial charge in [-0.3, -0.25) is 9.36 Å². The third kappa shape index (κ3) is 6.57. The molecule has 35 heavy (non-hydrogen) atoms. The van der Waals surface area contributed by atoms with Crippen LogP contribution in [-0.2, 0) is 32.2 Å². The van der Waals surface area contributed by atoms with Gasteiger partial charge in [0.05, 0.1) is 29.5 Å². The van der Waals surface area contributed by atoms with Crippen LogP contribution in [0.2, 0.25) is 5.02 Å². The zero-order valence-corrected chi connectivity index (χ0v) is 19.1. The minimum atomic E-state index is -5.03. The van der Waals surface area contributed by atoms with Gasteiger partial charge in [-0.2, -0.15) is 13.2 Å². The van der Waals surface area contributed by atoms with Crippen LogP contribution in [-0.4, -0.2) is 47.0 Å². The topological polar surface area (TPSA) is 106 Å². The van der Waals surface area contributed by atoms with Gasteiger partial charge in [-0.1, -0.05) is 17.7 Å². The number of carbonyl (C=O) groups excluding carboxylic acids is 2. The number of alkyl halides is 3. The van der Waals surface area contributed by atoms with Gasteiger partial charge in [-0.15, -0.1) is 6.58 Å². The lowest BCUT2D eigenvalue weighted by molar-refractivity contribution is -0.154. The molecule has 2 aromatic rings. The number of halogens is 5. The van der Waals surface area contributed by atoms with E-state index in [1.165, 1.54) is 13.0 Å². The van der Waals surface area contributed by atoms with E-state index in [-0.39, 0.29) is 35.0 Å². The van der Waals surface area contributed by atoms with Gasteiger partial charge in [0.15, 0.2) is 6.10 Å². The second-order valence-electron chi connectivity index (χ2n) is 6.90. The zero-order chi connectivity index (χ0) is 26.5. The first-order chi connectivity index (χ1) is 16.3. The second-order valence-corrected chi connectivity index (χ2v) is 7.31. The number of benzene rings is 1. The van der Waals surface area contributed by atoms with E-state index in [0.717, 1.165) is 7.05 Å². The highest BCUT2D eigenvalue weighted by Crippen LogP contribution is 2.28. The summed E-state index contributed by atoms with van der Waals surface area (Å²) in [6, 6.07) is 1.32. The van der Waals surface area contributed by atoms with Gasteiger partial charge in [-0.05, 0) is 19.1 Å². The Labute approximate surface area is 200 Å². The van der Waals surface area contributed by atoms with Crippen molar-refractivity contribution < 1.29 is 41.4 Å². The van der Waals surface area contributed by atoms with Crippen LogP contribution >= 0.6 is 11.6 Å². The molecule has 1 atom stereocenters. The fourth-order valence-electron chi connectivity index (χ4n) is 2.74. The van der Waals surface area contributed by atoms with Crippen LogP contribution in [0.4, 0.5) is 17.6 Å². The smallest absolute Gasteiger partial charge is 0.431 e. The Morgan fingerprint density at radius 2 is 1.86 bits per heavy atom. The molecular formula is C21H19ClF4N2O7. The Hall–Kier alpha value is -3.45. The van der Waals surface area contributed by atoms with Crippen LogP contribution in [0.1, 0.15) is 23.0 Å². The molecule has 14 heteroatoms. The standard InChI is InChI=1S/C21H19ClF4N2O7/c1-4-5-33-6-7-34-18(30)11(2)35-19(31)12-8-15(14(23)9-13(12)22)28-17(29)10-16(21(24,25)26)27(3)20(28)32/h4,8-11H,1,5-7H2,2-3H3/t11-/m0/s1. The molecule has 0 spiro atoms. The molecule has 9 nitrogen and oxygen atoms in total. The molecule has 0 N–H and O–H groups in total. The summed E-state index contributed by atoms with van der Waals surface area (Å²) in [5, 5.41) is -0.508. The van der Waals surface area contributed by atoms with E-state index in [1.54, 1.807) is 0 Å². The molecule has 2 rings (SSSR count). The third-order valence-corrected chi connectivity index (χ3v) is 4.74. The fraction of sp³-hybridized carbons (Fsp3) is 0.333. The first-order valence-corrected chi connectivity index (χ1v) is 10.1. The lowest BCUT2D eigenvalue weighted by atomic mass is 10.2. The molecule has 1 aromatic carbocycles. The molecule has 0 radical (unpaired) electrons. The molecule has 190 valence electrons. The summed E-state index contributed by atoms with van der Waals surface area (Å²) in [7, 11) is 0.736. The fourth-order valence-corrected chi connectivity index (χ4v) is 2.97. The SMILES string of the molecule is C=CCOCCOC(=O)[C@H](C)OC(=O)c1cc(-n2c(=O)cc(C(F)(F)F)n(C)c2=O)c(F)cc1Cl. The number of rotatable bonds is 9. The number of nitrogens with zero attached hydrogens (tertiary/aromatic N) is 2. The van der Waals surface area contributed by atoms with Crippen LogP contribution in [0.25, 0.3) is 5.69 Å². The number of carbonyl (C=O) groups is 2. The van der Waals surface area contributed by atoms with E-state index < -0.39 is 63.3 Å². The van der Waals surface area contributed by atoms with Crippen molar-refractivity contribution in [3.05, 3.63) is 73.8 Å². The van der Waals surface area contributed by atoms with Gasteiger partial charge < -0.3 is 14.2 Å². The highest BCUT2D eigenvalue weighted by atomic mass is 35.5. The van der Waals surface area contributed by atoms with Crippen LogP contribution in [0.15, 0.2) is 40.4 Å². The van der Waals surface area contributed by atoms with Gasteiger partial charge in [0.25, 0.3) is 5.56 Å². The van der Waals surface area contributed by atoms with E-state index >= 15 is 0 Å². The maximum Gasteiger partial charge on any atom is 0.431 e. The molecule has 0 fully saturated rings. The van der Waals surface area contributed by atoms with E-state index in [2.05, 4.69) is 6.58 Å². The Balaban J connectivity index is 2.35. The highest BCUT2D eigenvalue weighted by Gasteiger charge is 2.35. The Bertz CT molecular complexity index is 1250. The van der Waals surface area contributed by atoms with E-state index in [0.29, 0.717) is 12.1 Å². The predicted octanol–water partition coefficient (Wildman–Crippen LogP) is 2.64. The number of ether oxygens (including phenoxy) is 3. The van der Waals surface area contributed by atoms with Gasteiger partial charge in [-0.25, -0.2) is 23.3 Å². The van der Waals surface area contributed by atoms with Gasteiger partial charge >= 0.3 is 23.8 Å². The quantitative estimate of drug-likeness (QED) is 0.216. The highest BCUT2D eigenvalue weighted by molar-refractivity contribution is 6.33. The lowest BCUT2D eigenvalue weighted by Crippen LogP contribution is -2.41. The van der Waals surface area contributed by atoms with Crippen molar-refractivity contribution in [2.24, 2.45) is 7.05 Å². The minimum Gasteiger partial charge on any atom is -0.461 e. The third-order valence-electron chi connectivity index (χ3n) is 4.43. The van der Waals surface area contributed by atoms with E-state index in [9.17, 15) is 36.7 Å². The molecular weight excluding hydrogens is 504 g/mol. The first-order valence-electron chi connectivity index (χ1n) is 9.75. The number of esters is 2. The van der Waals surface area contributed by atoms with Crippen LogP contribution < -0.4 is 11.2 Å². The molecule has 1 aromatic heterocycles. The number of hydrogen-bond donors (Lipinski definition) is 0. The predicted molar refractivity (Wildman–Crippen MR) is 114 cm³/mol. The van der Waals surface area contributed by atoms with Crippen molar-refractivity contribution in [2.45, 2.75) is 19.2 Å². The average Bonchev–Trinajstić information content (AvgIpc) is 2.76. The normalized spacial score (nSPS) is 12.2. The first kappa shape index (κ1) is 27.8. The van der Waals surface area contributed by atoms with Crippen molar-refractivity contribution in [1.29, 1.82) is 0 Å². The zero-order valence-electron chi connectivity index (χ0n) is 18.4. The van der Waals surface area contributed by atoms with Gasteiger partial charge in [0.1, 0.15) is 18.1 Å². The lowest BCUT2D eigenvalue weighted by Gasteiger charge is -2.16. The molecule has 0 saturated heterocycles. The van der Waals surface area contributed by atoms with Crippen molar-refractivity contribution in [3.8, 4) is 5.69 Å². The van der Waals surface area contributed by atoms with E-state index in [1.807, 2.05) is 0 Å². The molecule has 0 bridgehead atoms. The summed E-state index contributed by atoms with van der Waals surface area (Å²) in [5.41, 5.74) is -6.00. The van der Waals surface area contributed by atoms with Crippen molar-refractivity contribution in [3.63, 3.8) is 0 Å². The van der Waals surface area contributed by atoms with Crippen molar-refractivity contribution in [2.75, 3.05) is 19.8 Å². The number of aromatic nitrogens is 2. The van der Waals surface area contributed by atoms with Crippen molar-refractivity contribution >= 4 is 23.5 Å². The summed E-state index contributed by atoms with van der Waals surface area (Å²) in [6.45, 7) is 4.77. The number of hydrogen-bond acceptors (Lipinski definition) is 7. The van der Waals surface area contributed by atoms with Crippen LogP contribution in [0.5, 0.6) is 0 Å². The van der Waals surface area contributed by atoms with Crippen LogP contribution in [0, 0.1) is 5.82 Å². The Morgan fingerprint density at radius 1 is 1.20 bits per heavy atom. The summed E-state index contributed by atoms with van der Waals surface area (Å²) >= 11 is 5.87. The average molecular weight is 523 g/mol. The molecule has 0 amide bonds. The Morgan fingerprint density at radius 3 is 2.46 bits per heavy atom. The van der Waals surface area contributed by atoms with Crippen LogP contribution in [0.3, 0.4) is 0 Å². The summed E-state index contributed by atoms with van der Waals surface area (Å²) in [6.07, 6.45) is -4.97. The molecule has 0 aliphatic carbocycles. The summed E-state index contributed by atoms with van der Waals surface area (Å²) in [5.74, 6) is -3.47. The molecule has 0 aliphatic rings. The monoisotopic (exact) mass is 522 g/mol.